The summed E-state index contributed by atoms with van der Waals surface area (Å²) in [6.07, 6.45) is 0. The molecule has 1 saturated heterocycles. The Morgan fingerprint density at radius 1 is 1.67 bits per heavy atom. The monoisotopic (exact) mass is 191 g/mol. The molecular formula is C6H11N2O3S-. The topological polar surface area (TPSA) is 86.5 Å². The first-order valence-electron chi connectivity index (χ1n) is 3.67. The molecule has 0 aliphatic carbocycles. The van der Waals surface area contributed by atoms with E-state index in [0.717, 1.165) is 0 Å². The lowest BCUT2D eigenvalue weighted by atomic mass is 10.0. The maximum Gasteiger partial charge on any atom is 0.234 e. The molecule has 1 atom stereocenters. The van der Waals surface area contributed by atoms with Gasteiger partial charge in [-0.25, -0.2) is 0 Å². The molecule has 0 radical (unpaired) electrons. The Hall–Kier alpha value is -0.460. The summed E-state index contributed by atoms with van der Waals surface area (Å²) < 4.78 is 20.3. The van der Waals surface area contributed by atoms with Crippen LogP contribution in [0, 0.1) is 5.92 Å². The maximum atomic E-state index is 11.0. The largest absolute Gasteiger partial charge is 0.772 e. The standard InChI is InChI=1S/C6H12N2O3S/c7-1-5-2-8(3-5)6(9)4-12(10)11/h5H,1-4,7H2,(H,10,11)/p-1. The number of carbonyl (C=O) groups excluding carboxylic acids is 1. The van der Waals surface area contributed by atoms with E-state index in [1.165, 1.54) is 4.90 Å². The van der Waals surface area contributed by atoms with Crippen molar-refractivity contribution in [2.45, 2.75) is 0 Å². The quantitative estimate of drug-likeness (QED) is 0.538. The Bertz CT molecular complexity index is 203. The molecular weight excluding hydrogens is 180 g/mol. The smallest absolute Gasteiger partial charge is 0.234 e. The molecule has 1 fully saturated rings. The zero-order valence-corrected chi connectivity index (χ0v) is 7.38. The van der Waals surface area contributed by atoms with E-state index >= 15 is 0 Å². The Balaban J connectivity index is 2.24. The highest BCUT2D eigenvalue weighted by atomic mass is 32.2. The van der Waals surface area contributed by atoms with Crippen LogP contribution < -0.4 is 5.73 Å². The van der Waals surface area contributed by atoms with E-state index in [1.807, 2.05) is 0 Å². The molecule has 5 nitrogen and oxygen atoms in total. The van der Waals surface area contributed by atoms with Gasteiger partial charge in [0.15, 0.2) is 0 Å². The van der Waals surface area contributed by atoms with Crippen LogP contribution in [0.2, 0.25) is 0 Å². The minimum atomic E-state index is -2.27. The van der Waals surface area contributed by atoms with Gasteiger partial charge in [-0.15, -0.1) is 0 Å². The molecule has 70 valence electrons. The van der Waals surface area contributed by atoms with Crippen LogP contribution in [0.1, 0.15) is 0 Å². The number of amides is 1. The number of rotatable bonds is 3. The molecule has 1 aliphatic rings. The predicted molar refractivity (Wildman–Crippen MR) is 42.9 cm³/mol. The van der Waals surface area contributed by atoms with Gasteiger partial charge < -0.3 is 15.2 Å². The molecule has 0 saturated carbocycles. The van der Waals surface area contributed by atoms with E-state index in [0.29, 0.717) is 25.6 Å². The highest BCUT2D eigenvalue weighted by molar-refractivity contribution is 7.79. The third kappa shape index (κ3) is 2.26. The van der Waals surface area contributed by atoms with Crippen molar-refractivity contribution in [3.8, 4) is 0 Å². The van der Waals surface area contributed by atoms with Crippen molar-refractivity contribution in [1.82, 2.24) is 4.90 Å². The van der Waals surface area contributed by atoms with Crippen molar-refractivity contribution >= 4 is 17.0 Å². The van der Waals surface area contributed by atoms with Crippen LogP contribution in [0.15, 0.2) is 0 Å². The van der Waals surface area contributed by atoms with Crippen molar-refractivity contribution in [2.75, 3.05) is 25.4 Å². The van der Waals surface area contributed by atoms with Crippen LogP contribution in [0.4, 0.5) is 0 Å². The second-order valence-corrected chi connectivity index (χ2v) is 3.74. The van der Waals surface area contributed by atoms with Crippen molar-refractivity contribution in [2.24, 2.45) is 11.7 Å². The van der Waals surface area contributed by atoms with Gasteiger partial charge in [0.1, 0.15) is 0 Å². The summed E-state index contributed by atoms with van der Waals surface area (Å²) in [5.74, 6) is -0.376. The van der Waals surface area contributed by atoms with Gasteiger partial charge in [0, 0.05) is 19.0 Å². The highest BCUT2D eigenvalue weighted by Crippen LogP contribution is 2.13. The van der Waals surface area contributed by atoms with Gasteiger partial charge in [-0.1, -0.05) is 0 Å². The Morgan fingerprint density at radius 2 is 2.25 bits per heavy atom. The Kier molecular flexibility index (Phi) is 3.19. The maximum absolute atomic E-state index is 11.0. The average Bonchev–Trinajstić information content (AvgIpc) is 1.82. The van der Waals surface area contributed by atoms with Crippen molar-refractivity contribution in [1.29, 1.82) is 0 Å². The van der Waals surface area contributed by atoms with Crippen LogP contribution in [0.3, 0.4) is 0 Å². The van der Waals surface area contributed by atoms with E-state index in [1.54, 1.807) is 0 Å². The van der Waals surface area contributed by atoms with Crippen LogP contribution in [-0.4, -0.2) is 45.0 Å². The van der Waals surface area contributed by atoms with E-state index in [2.05, 4.69) is 0 Å². The molecule has 0 aromatic rings. The zero-order valence-electron chi connectivity index (χ0n) is 6.56. The molecule has 6 heteroatoms. The lowest BCUT2D eigenvalue weighted by Crippen LogP contribution is -2.53. The first kappa shape index (κ1) is 9.63. The number of hydrogen-bond donors (Lipinski definition) is 1. The molecule has 1 amide bonds. The van der Waals surface area contributed by atoms with Gasteiger partial charge >= 0.3 is 0 Å². The Labute approximate surface area is 73.2 Å². The summed E-state index contributed by atoms with van der Waals surface area (Å²) in [6.45, 7) is 1.77. The molecule has 12 heavy (non-hydrogen) atoms. The first-order chi connectivity index (χ1) is 5.63. The highest BCUT2D eigenvalue weighted by Gasteiger charge is 2.28. The van der Waals surface area contributed by atoms with E-state index in [4.69, 9.17) is 5.73 Å². The molecule has 2 N–H and O–H groups in total. The summed E-state index contributed by atoms with van der Waals surface area (Å²) in [5, 5.41) is 0. The second-order valence-electron chi connectivity index (χ2n) is 2.85. The minimum absolute atomic E-state index is 0.326. The number of hydrogen-bond acceptors (Lipinski definition) is 4. The third-order valence-electron chi connectivity index (χ3n) is 1.88. The van der Waals surface area contributed by atoms with Crippen LogP contribution in [-0.2, 0) is 15.9 Å². The molecule has 1 heterocycles. The molecule has 0 bridgehead atoms. The molecule has 0 spiro atoms. The third-order valence-corrected chi connectivity index (χ3v) is 2.37. The number of nitrogens with two attached hydrogens (primary N) is 1. The van der Waals surface area contributed by atoms with Gasteiger partial charge in [0.2, 0.25) is 5.91 Å². The van der Waals surface area contributed by atoms with E-state index in [9.17, 15) is 13.6 Å². The van der Waals surface area contributed by atoms with Crippen LogP contribution >= 0.6 is 0 Å². The summed E-state index contributed by atoms with van der Waals surface area (Å²) in [6, 6.07) is 0. The minimum Gasteiger partial charge on any atom is -0.772 e. The fourth-order valence-electron chi connectivity index (χ4n) is 1.11. The van der Waals surface area contributed by atoms with Gasteiger partial charge in [0.05, 0.1) is 5.75 Å². The molecule has 1 aliphatic heterocycles. The summed E-state index contributed by atoms with van der Waals surface area (Å²) >= 11 is -2.27. The van der Waals surface area contributed by atoms with E-state index in [-0.39, 0.29) is 5.91 Å². The van der Waals surface area contributed by atoms with Crippen LogP contribution in [0.5, 0.6) is 0 Å². The number of carbonyl (C=O) groups is 1. The fraction of sp³-hybridized carbons (Fsp3) is 0.833. The molecule has 0 aromatic heterocycles. The molecule has 1 rings (SSSR count). The number of likely N-dealkylation sites (tertiary alicyclic amines) is 1. The lowest BCUT2D eigenvalue weighted by Gasteiger charge is -2.38. The zero-order chi connectivity index (χ0) is 9.14. The average molecular weight is 191 g/mol. The summed E-state index contributed by atoms with van der Waals surface area (Å²) in [4.78, 5) is 12.5. The Morgan fingerprint density at radius 3 is 2.67 bits per heavy atom. The van der Waals surface area contributed by atoms with Gasteiger partial charge in [-0.3, -0.25) is 9.00 Å². The first-order valence-corrected chi connectivity index (χ1v) is 4.91. The normalized spacial score (nSPS) is 20.3. The lowest BCUT2D eigenvalue weighted by molar-refractivity contribution is -0.134. The second kappa shape index (κ2) is 3.97. The van der Waals surface area contributed by atoms with Gasteiger partial charge in [0.25, 0.3) is 0 Å². The van der Waals surface area contributed by atoms with Crippen LogP contribution in [0.25, 0.3) is 0 Å². The van der Waals surface area contributed by atoms with Crippen molar-refractivity contribution in [3.63, 3.8) is 0 Å². The number of nitrogens with zero attached hydrogens (tertiary/aromatic N) is 1. The molecule has 1 unspecified atom stereocenters. The fourth-order valence-corrected chi connectivity index (χ4v) is 1.50. The molecule has 0 aromatic carbocycles. The van der Waals surface area contributed by atoms with Gasteiger partial charge in [-0.05, 0) is 17.6 Å². The van der Waals surface area contributed by atoms with Gasteiger partial charge in [-0.2, -0.15) is 0 Å². The van der Waals surface area contributed by atoms with Crippen molar-refractivity contribution < 1.29 is 13.6 Å². The summed E-state index contributed by atoms with van der Waals surface area (Å²) in [5.41, 5.74) is 5.34. The summed E-state index contributed by atoms with van der Waals surface area (Å²) in [7, 11) is 0. The van der Waals surface area contributed by atoms with Crippen molar-refractivity contribution in [3.05, 3.63) is 0 Å². The predicted octanol–water partition coefficient (Wildman–Crippen LogP) is -1.72. The van der Waals surface area contributed by atoms with E-state index < -0.39 is 16.8 Å². The SMILES string of the molecule is NCC1CN(C(=O)CS(=O)[O-])C1.